The van der Waals surface area contributed by atoms with E-state index in [9.17, 15) is 4.79 Å². The Labute approximate surface area is 104 Å². The van der Waals surface area contributed by atoms with Gasteiger partial charge in [-0.2, -0.15) is 0 Å². The van der Waals surface area contributed by atoms with Gasteiger partial charge in [-0.3, -0.25) is 0 Å². The van der Waals surface area contributed by atoms with E-state index in [1.54, 1.807) is 6.92 Å². The van der Waals surface area contributed by atoms with Crippen molar-refractivity contribution in [3.05, 3.63) is 12.2 Å². The molecule has 2 bridgehead atoms. The largest absolute Gasteiger partial charge is 0.455 e. The van der Waals surface area contributed by atoms with Crippen molar-refractivity contribution in [3.8, 4) is 0 Å². The molecule has 2 aliphatic carbocycles. The van der Waals surface area contributed by atoms with E-state index in [-0.39, 0.29) is 22.4 Å². The van der Waals surface area contributed by atoms with E-state index in [1.807, 2.05) is 0 Å². The number of carbonyl (C=O) groups is 1. The van der Waals surface area contributed by atoms with Crippen LogP contribution in [0.15, 0.2) is 12.2 Å². The van der Waals surface area contributed by atoms with E-state index in [4.69, 9.17) is 4.74 Å². The molecule has 2 nitrogen and oxygen atoms in total. The van der Waals surface area contributed by atoms with Gasteiger partial charge in [0.15, 0.2) is 0 Å². The first kappa shape index (κ1) is 12.7. The quantitative estimate of drug-likeness (QED) is 0.539. The van der Waals surface area contributed by atoms with E-state index >= 15 is 0 Å². The van der Waals surface area contributed by atoms with Gasteiger partial charge in [0.05, 0.1) is 0 Å². The van der Waals surface area contributed by atoms with Crippen molar-refractivity contribution in [2.45, 2.75) is 59.5 Å². The minimum atomic E-state index is -0.362. The van der Waals surface area contributed by atoms with Crippen LogP contribution in [-0.4, -0.2) is 11.6 Å². The van der Waals surface area contributed by atoms with Gasteiger partial charge < -0.3 is 4.74 Å². The Hall–Kier alpha value is -0.790. The van der Waals surface area contributed by atoms with Crippen LogP contribution in [0.4, 0.5) is 0 Å². The third-order valence-electron chi connectivity index (χ3n) is 5.79. The summed E-state index contributed by atoms with van der Waals surface area (Å²) in [6.45, 7) is 14.3. The SMILES string of the molecule is C=C(C)C(=O)OC1(C)C2(C)CCC(C2)C1(C)C. The summed E-state index contributed by atoms with van der Waals surface area (Å²) in [6.07, 6.45) is 3.62. The maximum absolute atomic E-state index is 11.9. The molecule has 2 heteroatoms. The van der Waals surface area contributed by atoms with Crippen molar-refractivity contribution in [1.82, 2.24) is 0 Å². The van der Waals surface area contributed by atoms with Gasteiger partial charge in [0.1, 0.15) is 5.60 Å². The predicted octanol–water partition coefficient (Wildman–Crippen LogP) is 3.71. The van der Waals surface area contributed by atoms with E-state index in [0.717, 1.165) is 0 Å². The lowest BCUT2D eigenvalue weighted by molar-refractivity contribution is -0.188. The minimum Gasteiger partial charge on any atom is -0.455 e. The molecule has 0 aromatic heterocycles. The van der Waals surface area contributed by atoms with Crippen LogP contribution in [0.2, 0.25) is 0 Å². The molecule has 2 fully saturated rings. The first-order chi connectivity index (χ1) is 7.64. The summed E-state index contributed by atoms with van der Waals surface area (Å²) >= 11 is 0. The fraction of sp³-hybridized carbons (Fsp3) is 0.800. The maximum atomic E-state index is 11.9. The lowest BCUT2D eigenvalue weighted by Crippen LogP contribution is -2.54. The second-order valence-corrected chi connectivity index (χ2v) is 6.93. The lowest BCUT2D eigenvalue weighted by Gasteiger charge is -2.51. The van der Waals surface area contributed by atoms with Crippen LogP contribution in [0.5, 0.6) is 0 Å². The van der Waals surface area contributed by atoms with Crippen LogP contribution in [0.1, 0.15) is 53.9 Å². The van der Waals surface area contributed by atoms with E-state index < -0.39 is 0 Å². The Morgan fingerprint density at radius 2 is 1.88 bits per heavy atom. The fourth-order valence-corrected chi connectivity index (χ4v) is 3.98. The van der Waals surface area contributed by atoms with Crippen molar-refractivity contribution < 1.29 is 9.53 Å². The Bertz CT molecular complexity index is 376. The van der Waals surface area contributed by atoms with Crippen LogP contribution in [0.3, 0.4) is 0 Å². The van der Waals surface area contributed by atoms with Crippen molar-refractivity contribution in [2.75, 3.05) is 0 Å². The van der Waals surface area contributed by atoms with Gasteiger partial charge in [-0.15, -0.1) is 0 Å². The highest BCUT2D eigenvalue weighted by Gasteiger charge is 2.68. The zero-order chi connectivity index (χ0) is 13.1. The molecule has 0 spiro atoms. The highest BCUT2D eigenvalue weighted by Crippen LogP contribution is 2.69. The Morgan fingerprint density at radius 3 is 2.29 bits per heavy atom. The molecule has 0 aromatic carbocycles. The monoisotopic (exact) mass is 236 g/mol. The lowest BCUT2D eigenvalue weighted by atomic mass is 9.61. The number of rotatable bonds is 2. The van der Waals surface area contributed by atoms with Crippen molar-refractivity contribution in [3.63, 3.8) is 0 Å². The molecule has 0 aliphatic heterocycles. The summed E-state index contributed by atoms with van der Waals surface area (Å²) in [5.74, 6) is 0.435. The van der Waals surface area contributed by atoms with Crippen LogP contribution in [-0.2, 0) is 9.53 Å². The van der Waals surface area contributed by atoms with Crippen molar-refractivity contribution >= 4 is 5.97 Å². The standard InChI is InChI=1S/C15H24O2/c1-10(2)12(16)17-15(6)13(3,4)11-7-8-14(15,5)9-11/h11H,1,7-9H2,2-6H3. The Morgan fingerprint density at radius 1 is 1.29 bits per heavy atom. The highest BCUT2D eigenvalue weighted by atomic mass is 16.6. The summed E-state index contributed by atoms with van der Waals surface area (Å²) in [5, 5.41) is 0. The van der Waals surface area contributed by atoms with Gasteiger partial charge in [0, 0.05) is 16.4 Å². The Balaban J connectivity index is 2.35. The minimum absolute atomic E-state index is 0.0606. The predicted molar refractivity (Wildman–Crippen MR) is 68.5 cm³/mol. The highest BCUT2D eigenvalue weighted by molar-refractivity contribution is 5.87. The van der Waals surface area contributed by atoms with Gasteiger partial charge in [-0.05, 0) is 39.0 Å². The normalized spacial score (nSPS) is 42.5. The first-order valence-electron chi connectivity index (χ1n) is 6.53. The summed E-state index contributed by atoms with van der Waals surface area (Å²) in [5.41, 5.74) is 0.324. The number of hydrogen-bond acceptors (Lipinski definition) is 2. The molecule has 2 rings (SSSR count). The molecule has 17 heavy (non-hydrogen) atoms. The smallest absolute Gasteiger partial charge is 0.333 e. The average Bonchev–Trinajstić information content (AvgIpc) is 2.66. The van der Waals surface area contributed by atoms with E-state index in [1.165, 1.54) is 19.3 Å². The third-order valence-corrected chi connectivity index (χ3v) is 5.79. The van der Waals surface area contributed by atoms with Crippen LogP contribution in [0, 0.1) is 16.7 Å². The molecule has 3 atom stereocenters. The number of carbonyl (C=O) groups excluding carboxylic acids is 1. The molecule has 96 valence electrons. The summed E-state index contributed by atoms with van der Waals surface area (Å²) in [7, 11) is 0. The summed E-state index contributed by atoms with van der Waals surface area (Å²) < 4.78 is 5.87. The van der Waals surface area contributed by atoms with Crippen LogP contribution < -0.4 is 0 Å². The third kappa shape index (κ3) is 1.42. The number of ether oxygens (including phenoxy) is 1. The zero-order valence-electron chi connectivity index (χ0n) is 11.7. The number of esters is 1. The van der Waals surface area contributed by atoms with Gasteiger partial charge in [-0.1, -0.05) is 27.4 Å². The van der Waals surface area contributed by atoms with Gasteiger partial charge >= 0.3 is 5.97 Å². The topological polar surface area (TPSA) is 26.3 Å². The van der Waals surface area contributed by atoms with E-state index in [2.05, 4.69) is 34.3 Å². The molecule has 0 radical (unpaired) electrons. The van der Waals surface area contributed by atoms with Crippen molar-refractivity contribution in [1.29, 1.82) is 0 Å². The molecule has 0 amide bonds. The molecule has 0 saturated heterocycles. The van der Waals surface area contributed by atoms with Crippen molar-refractivity contribution in [2.24, 2.45) is 16.7 Å². The molecule has 0 N–H and O–H groups in total. The van der Waals surface area contributed by atoms with Gasteiger partial charge in [0.25, 0.3) is 0 Å². The summed E-state index contributed by atoms with van der Waals surface area (Å²) in [4.78, 5) is 11.9. The molecule has 2 saturated carbocycles. The van der Waals surface area contributed by atoms with Gasteiger partial charge in [-0.25, -0.2) is 4.79 Å². The Kier molecular flexibility index (Phi) is 2.51. The average molecular weight is 236 g/mol. The molecule has 0 heterocycles. The fourth-order valence-electron chi connectivity index (χ4n) is 3.98. The maximum Gasteiger partial charge on any atom is 0.333 e. The van der Waals surface area contributed by atoms with E-state index in [0.29, 0.717) is 11.5 Å². The number of hydrogen-bond donors (Lipinski definition) is 0. The van der Waals surface area contributed by atoms with Crippen LogP contribution in [0.25, 0.3) is 0 Å². The molecular weight excluding hydrogens is 212 g/mol. The van der Waals surface area contributed by atoms with Gasteiger partial charge in [0.2, 0.25) is 0 Å². The second kappa shape index (κ2) is 3.37. The number of fused-ring (bicyclic) bond motifs is 2. The molecule has 3 unspecified atom stereocenters. The second-order valence-electron chi connectivity index (χ2n) is 6.93. The molecular formula is C15H24O2. The summed E-state index contributed by atoms with van der Waals surface area (Å²) in [6, 6.07) is 0. The zero-order valence-corrected chi connectivity index (χ0v) is 11.7. The van der Waals surface area contributed by atoms with Crippen LogP contribution >= 0.6 is 0 Å². The molecule has 0 aromatic rings. The molecule has 2 aliphatic rings. The first-order valence-corrected chi connectivity index (χ1v) is 6.53.